The number of carboxylic acids is 1. The molecule has 104 valence electrons. The number of hydrogen-bond donors (Lipinski definition) is 3. The lowest BCUT2D eigenvalue weighted by atomic mass is 10.3. The molecule has 1 aromatic carbocycles. The molecule has 0 saturated carbocycles. The predicted molar refractivity (Wildman–Crippen MR) is 82.3 cm³/mol. The van der Waals surface area contributed by atoms with Gasteiger partial charge in [-0.15, -0.1) is 11.3 Å². The number of aryl methyl sites for hydroxylation is 1. The van der Waals surface area contributed by atoms with Gasteiger partial charge in [0.05, 0.1) is 5.56 Å². The zero-order valence-electron chi connectivity index (χ0n) is 10.4. The first-order valence-corrected chi connectivity index (χ1v) is 6.85. The third-order valence-electron chi connectivity index (χ3n) is 2.41. The number of anilines is 2. The van der Waals surface area contributed by atoms with E-state index in [0.717, 1.165) is 4.88 Å². The highest BCUT2D eigenvalue weighted by atomic mass is 32.1. The fraction of sp³-hybridized carbons (Fsp3) is 0.0769. The summed E-state index contributed by atoms with van der Waals surface area (Å²) in [7, 11) is 0. The van der Waals surface area contributed by atoms with Gasteiger partial charge in [0, 0.05) is 10.6 Å². The van der Waals surface area contributed by atoms with Crippen molar-refractivity contribution in [1.82, 2.24) is 0 Å². The molecule has 4 nitrogen and oxygen atoms in total. The molecule has 3 N–H and O–H groups in total. The summed E-state index contributed by atoms with van der Waals surface area (Å²) < 4.78 is 12.8. The summed E-state index contributed by atoms with van der Waals surface area (Å²) in [6.45, 7) is 1.82. The summed E-state index contributed by atoms with van der Waals surface area (Å²) in [4.78, 5) is 11.9. The monoisotopic (exact) mass is 310 g/mol. The largest absolute Gasteiger partial charge is 0.478 e. The first-order valence-electron chi connectivity index (χ1n) is 5.63. The molecular formula is C13H11FN2O2S2. The van der Waals surface area contributed by atoms with Gasteiger partial charge in [-0.25, -0.2) is 9.18 Å². The maximum atomic E-state index is 12.8. The molecule has 0 aliphatic rings. The van der Waals surface area contributed by atoms with Gasteiger partial charge in [-0.1, -0.05) is 0 Å². The van der Waals surface area contributed by atoms with Crippen LogP contribution in [0.2, 0.25) is 0 Å². The lowest BCUT2D eigenvalue weighted by Gasteiger charge is -2.09. The molecular weight excluding hydrogens is 299 g/mol. The molecule has 2 rings (SSSR count). The first-order chi connectivity index (χ1) is 9.45. The lowest BCUT2D eigenvalue weighted by Crippen LogP contribution is -2.19. The Morgan fingerprint density at radius 3 is 2.55 bits per heavy atom. The molecule has 7 heteroatoms. The van der Waals surface area contributed by atoms with Gasteiger partial charge in [0.15, 0.2) is 5.11 Å². The number of thiocarbonyl (C=S) groups is 1. The average molecular weight is 310 g/mol. The summed E-state index contributed by atoms with van der Waals surface area (Å²) >= 11 is 6.41. The molecule has 1 heterocycles. The SMILES string of the molecule is Cc1cc(C(=O)O)c(NC(=S)Nc2ccc(F)cc2)s1. The van der Waals surface area contributed by atoms with Crippen LogP contribution in [0.15, 0.2) is 30.3 Å². The van der Waals surface area contributed by atoms with Crippen LogP contribution in [-0.2, 0) is 0 Å². The van der Waals surface area contributed by atoms with Gasteiger partial charge in [0.1, 0.15) is 10.8 Å². The van der Waals surface area contributed by atoms with Crippen molar-refractivity contribution in [2.75, 3.05) is 10.6 Å². The van der Waals surface area contributed by atoms with E-state index in [4.69, 9.17) is 17.3 Å². The second kappa shape index (κ2) is 5.98. The standard InChI is InChI=1S/C13H11FN2O2S2/c1-7-6-10(12(17)18)11(20-7)16-13(19)15-9-4-2-8(14)3-5-9/h2-6H,1H3,(H,17,18)(H2,15,16,19). The highest BCUT2D eigenvalue weighted by molar-refractivity contribution is 7.80. The fourth-order valence-corrected chi connectivity index (χ4v) is 2.76. The van der Waals surface area contributed by atoms with Gasteiger partial charge in [-0.05, 0) is 49.5 Å². The van der Waals surface area contributed by atoms with E-state index >= 15 is 0 Å². The topological polar surface area (TPSA) is 61.4 Å². The summed E-state index contributed by atoms with van der Waals surface area (Å²) in [5.74, 6) is -1.35. The van der Waals surface area contributed by atoms with Crippen LogP contribution in [0.5, 0.6) is 0 Å². The molecule has 0 aliphatic heterocycles. The maximum Gasteiger partial charge on any atom is 0.338 e. The minimum absolute atomic E-state index is 0.177. The molecule has 0 spiro atoms. The Bertz CT molecular complexity index is 653. The van der Waals surface area contributed by atoms with E-state index in [0.29, 0.717) is 10.7 Å². The predicted octanol–water partition coefficient (Wildman–Crippen LogP) is 3.70. The molecule has 0 bridgehead atoms. The van der Waals surface area contributed by atoms with Crippen molar-refractivity contribution in [3.05, 3.63) is 46.6 Å². The highest BCUT2D eigenvalue weighted by Crippen LogP contribution is 2.27. The smallest absolute Gasteiger partial charge is 0.338 e. The molecule has 0 aliphatic carbocycles. The van der Waals surface area contributed by atoms with Crippen LogP contribution < -0.4 is 10.6 Å². The Morgan fingerprint density at radius 2 is 1.95 bits per heavy atom. The van der Waals surface area contributed by atoms with Crippen molar-refractivity contribution < 1.29 is 14.3 Å². The van der Waals surface area contributed by atoms with E-state index in [2.05, 4.69) is 10.6 Å². The van der Waals surface area contributed by atoms with Gasteiger partial charge in [-0.3, -0.25) is 0 Å². The Labute approximate surface area is 124 Å². The minimum Gasteiger partial charge on any atom is -0.478 e. The zero-order chi connectivity index (χ0) is 14.7. The number of carbonyl (C=O) groups is 1. The number of rotatable bonds is 3. The molecule has 0 amide bonds. The maximum absolute atomic E-state index is 12.8. The summed E-state index contributed by atoms with van der Waals surface area (Å²) in [5.41, 5.74) is 0.796. The second-order valence-corrected chi connectivity index (χ2v) is 5.66. The van der Waals surface area contributed by atoms with Crippen LogP contribution >= 0.6 is 23.6 Å². The van der Waals surface area contributed by atoms with Crippen LogP contribution in [0.3, 0.4) is 0 Å². The van der Waals surface area contributed by atoms with Crippen molar-refractivity contribution in [3.8, 4) is 0 Å². The van der Waals surface area contributed by atoms with Gasteiger partial charge < -0.3 is 15.7 Å². The van der Waals surface area contributed by atoms with E-state index in [-0.39, 0.29) is 16.5 Å². The van der Waals surface area contributed by atoms with Gasteiger partial charge in [0.2, 0.25) is 0 Å². The quantitative estimate of drug-likeness (QED) is 0.755. The van der Waals surface area contributed by atoms with Crippen LogP contribution in [0.1, 0.15) is 15.2 Å². The van der Waals surface area contributed by atoms with Gasteiger partial charge >= 0.3 is 5.97 Å². The first kappa shape index (κ1) is 14.4. The number of nitrogens with one attached hydrogen (secondary N) is 2. The van der Waals surface area contributed by atoms with Gasteiger partial charge in [0.25, 0.3) is 0 Å². The summed E-state index contributed by atoms with van der Waals surface area (Å²) in [6.07, 6.45) is 0. The zero-order valence-corrected chi connectivity index (χ0v) is 12.1. The highest BCUT2D eigenvalue weighted by Gasteiger charge is 2.14. The Kier molecular flexibility index (Phi) is 4.31. The molecule has 0 atom stereocenters. The molecule has 0 saturated heterocycles. The van der Waals surface area contributed by atoms with E-state index in [1.54, 1.807) is 18.2 Å². The molecule has 2 aromatic rings. The fourth-order valence-electron chi connectivity index (χ4n) is 1.56. The molecule has 20 heavy (non-hydrogen) atoms. The van der Waals surface area contributed by atoms with Crippen molar-refractivity contribution in [3.63, 3.8) is 0 Å². The third-order valence-corrected chi connectivity index (χ3v) is 3.58. The Hall–Kier alpha value is -1.99. The van der Waals surface area contributed by atoms with E-state index in [1.165, 1.54) is 23.5 Å². The number of thiophene rings is 1. The average Bonchev–Trinajstić information content (AvgIpc) is 2.73. The Morgan fingerprint density at radius 1 is 1.30 bits per heavy atom. The number of benzene rings is 1. The number of halogens is 1. The van der Waals surface area contributed by atoms with E-state index < -0.39 is 5.97 Å². The second-order valence-electron chi connectivity index (χ2n) is 3.99. The molecule has 1 aromatic heterocycles. The van der Waals surface area contributed by atoms with Crippen LogP contribution in [0, 0.1) is 12.7 Å². The number of carboxylic acid groups (broad SMARTS) is 1. The number of aromatic carboxylic acids is 1. The number of hydrogen-bond acceptors (Lipinski definition) is 3. The van der Waals surface area contributed by atoms with Crippen molar-refractivity contribution >= 4 is 45.3 Å². The van der Waals surface area contributed by atoms with Crippen LogP contribution in [0.4, 0.5) is 15.1 Å². The normalized spacial score (nSPS) is 10.1. The van der Waals surface area contributed by atoms with Crippen molar-refractivity contribution in [1.29, 1.82) is 0 Å². The van der Waals surface area contributed by atoms with Crippen molar-refractivity contribution in [2.24, 2.45) is 0 Å². The minimum atomic E-state index is -1.01. The van der Waals surface area contributed by atoms with E-state index in [9.17, 15) is 9.18 Å². The van der Waals surface area contributed by atoms with Gasteiger partial charge in [-0.2, -0.15) is 0 Å². The molecule has 0 fully saturated rings. The van der Waals surface area contributed by atoms with Crippen LogP contribution in [-0.4, -0.2) is 16.2 Å². The third kappa shape index (κ3) is 3.52. The summed E-state index contributed by atoms with van der Waals surface area (Å²) in [6, 6.07) is 7.28. The molecule has 0 radical (unpaired) electrons. The lowest BCUT2D eigenvalue weighted by molar-refractivity contribution is 0.0698. The molecule has 0 unspecified atom stereocenters. The van der Waals surface area contributed by atoms with Crippen LogP contribution in [0.25, 0.3) is 0 Å². The summed E-state index contributed by atoms with van der Waals surface area (Å²) in [5, 5.41) is 15.5. The van der Waals surface area contributed by atoms with Crippen molar-refractivity contribution in [2.45, 2.75) is 6.92 Å². The van der Waals surface area contributed by atoms with E-state index in [1.807, 2.05) is 6.92 Å². The Balaban J connectivity index is 2.08.